The minimum Gasteiger partial charge on any atom is -0.395 e. The van der Waals surface area contributed by atoms with E-state index < -0.39 is 0 Å². The average molecular weight is 529 g/mol. The third-order valence-corrected chi connectivity index (χ3v) is 6.92. The molecule has 38 heavy (non-hydrogen) atoms. The third-order valence-electron chi connectivity index (χ3n) is 6.92. The first-order valence-corrected chi connectivity index (χ1v) is 13.5. The molecule has 0 spiro atoms. The molecule has 2 saturated carbocycles. The van der Waals surface area contributed by atoms with E-state index >= 15 is 0 Å². The number of anilines is 3. The molecular formula is C26H40N8O4. The number of nitrogens with one attached hydrogen (secondary N) is 4. The Labute approximate surface area is 223 Å². The van der Waals surface area contributed by atoms with E-state index in [0.29, 0.717) is 88.0 Å². The number of nitrogens with zero attached hydrogens (tertiary/aromatic N) is 3. The van der Waals surface area contributed by atoms with Crippen LogP contribution in [0.5, 0.6) is 0 Å². The summed E-state index contributed by atoms with van der Waals surface area (Å²) in [5, 5.41) is 21.8. The highest BCUT2D eigenvalue weighted by molar-refractivity contribution is 5.94. The van der Waals surface area contributed by atoms with Crippen molar-refractivity contribution in [2.75, 3.05) is 68.6 Å². The molecule has 0 radical (unpaired) electrons. The third kappa shape index (κ3) is 8.48. The number of carbonyl (C=O) groups excluding carboxylic acids is 1. The van der Waals surface area contributed by atoms with E-state index in [9.17, 15) is 9.90 Å². The quantitative estimate of drug-likeness (QED) is 0.163. The van der Waals surface area contributed by atoms with Gasteiger partial charge in [0.05, 0.1) is 33.0 Å². The van der Waals surface area contributed by atoms with Crippen molar-refractivity contribution in [1.29, 1.82) is 0 Å². The normalized spacial score (nSPS) is 19.9. The Bertz CT molecular complexity index is 1010. The van der Waals surface area contributed by atoms with E-state index in [1.165, 1.54) is 19.3 Å². The Morgan fingerprint density at radius 3 is 2.34 bits per heavy atom. The molecule has 2 bridgehead atoms. The van der Waals surface area contributed by atoms with Gasteiger partial charge in [0.2, 0.25) is 17.8 Å². The van der Waals surface area contributed by atoms with Crippen LogP contribution in [0.3, 0.4) is 0 Å². The number of carbonyl (C=O) groups is 1. The van der Waals surface area contributed by atoms with Gasteiger partial charge < -0.3 is 41.6 Å². The molecule has 7 N–H and O–H groups in total. The van der Waals surface area contributed by atoms with E-state index in [1.54, 1.807) is 12.1 Å². The van der Waals surface area contributed by atoms with Gasteiger partial charge in [-0.05, 0) is 48.8 Å². The van der Waals surface area contributed by atoms with Crippen LogP contribution in [0.2, 0.25) is 0 Å². The fourth-order valence-electron chi connectivity index (χ4n) is 5.05. The molecule has 2 aliphatic carbocycles. The summed E-state index contributed by atoms with van der Waals surface area (Å²) in [6, 6.07) is 7.77. The number of amides is 1. The highest BCUT2D eigenvalue weighted by atomic mass is 16.5. The van der Waals surface area contributed by atoms with Crippen molar-refractivity contribution >= 4 is 23.8 Å². The fraction of sp³-hybridized carbons (Fsp3) is 0.615. The largest absolute Gasteiger partial charge is 0.395 e. The van der Waals surface area contributed by atoms with Gasteiger partial charge in [-0.3, -0.25) is 4.79 Å². The Morgan fingerprint density at radius 2 is 1.66 bits per heavy atom. The van der Waals surface area contributed by atoms with Gasteiger partial charge >= 0.3 is 0 Å². The monoisotopic (exact) mass is 528 g/mol. The summed E-state index contributed by atoms with van der Waals surface area (Å²) >= 11 is 0. The first-order valence-electron chi connectivity index (χ1n) is 13.5. The van der Waals surface area contributed by atoms with Crippen molar-refractivity contribution in [2.24, 2.45) is 17.6 Å². The second-order valence-corrected chi connectivity index (χ2v) is 9.70. The Hall–Kier alpha value is -3.06. The van der Waals surface area contributed by atoms with Crippen molar-refractivity contribution in [3.8, 4) is 0 Å². The first-order chi connectivity index (χ1) is 18.6. The maximum absolute atomic E-state index is 12.4. The number of ether oxygens (including phenoxy) is 2. The highest BCUT2D eigenvalue weighted by Gasteiger charge is 2.39. The number of aliphatic hydroxyl groups excluding tert-OH is 1. The zero-order valence-corrected chi connectivity index (χ0v) is 21.8. The van der Waals surface area contributed by atoms with Crippen LogP contribution in [0.1, 0.15) is 41.6 Å². The smallest absolute Gasteiger partial charge is 0.251 e. The van der Waals surface area contributed by atoms with Crippen LogP contribution in [0.15, 0.2) is 24.3 Å². The van der Waals surface area contributed by atoms with E-state index in [-0.39, 0.29) is 12.5 Å². The summed E-state index contributed by atoms with van der Waals surface area (Å²) in [6.07, 6.45) is 5.05. The molecular weight excluding hydrogens is 488 g/mol. The number of aliphatic hydroxyl groups is 1. The minimum atomic E-state index is -0.152. The summed E-state index contributed by atoms with van der Waals surface area (Å²) < 4.78 is 10.7. The molecule has 2 aliphatic rings. The standard InChI is InChI=1S/C26H40N8O4/c27-7-11-37-13-14-38-12-9-28-23(36)20-4-1-18(2-5-20)17-30-25-32-24(29-8-10-35)33-26(34-25)31-22-16-19-3-6-21(22)15-19/h1-2,4-5,19,21-22,35H,3,6-17,27H2,(H,28,36)(H3,29,30,31,32,33,34). The van der Waals surface area contributed by atoms with Gasteiger partial charge in [0.15, 0.2) is 0 Å². The van der Waals surface area contributed by atoms with Gasteiger partial charge in [0.1, 0.15) is 0 Å². The molecule has 1 aromatic carbocycles. The average Bonchev–Trinajstić information content (AvgIpc) is 3.56. The number of nitrogens with two attached hydrogens (primary N) is 1. The molecule has 3 atom stereocenters. The molecule has 0 aliphatic heterocycles. The predicted octanol–water partition coefficient (Wildman–Crippen LogP) is 1.21. The van der Waals surface area contributed by atoms with Crippen molar-refractivity contribution in [3.05, 3.63) is 35.4 Å². The molecule has 208 valence electrons. The highest BCUT2D eigenvalue weighted by Crippen LogP contribution is 2.45. The van der Waals surface area contributed by atoms with Crippen molar-refractivity contribution in [2.45, 2.75) is 38.3 Å². The molecule has 12 heteroatoms. The molecule has 1 heterocycles. The Kier molecular flexibility index (Phi) is 10.9. The SMILES string of the molecule is NCCOCCOCCNC(=O)c1ccc(CNc2nc(NCCO)nc(NC3CC4CCC3C4)n2)cc1. The van der Waals surface area contributed by atoms with Gasteiger partial charge in [0, 0.05) is 37.8 Å². The number of rotatable bonds is 17. The number of hydrogen-bond acceptors (Lipinski definition) is 11. The molecule has 2 aromatic rings. The van der Waals surface area contributed by atoms with E-state index in [1.807, 2.05) is 12.1 Å². The second-order valence-electron chi connectivity index (χ2n) is 9.70. The molecule has 1 amide bonds. The van der Waals surface area contributed by atoms with Crippen LogP contribution >= 0.6 is 0 Å². The van der Waals surface area contributed by atoms with E-state index in [2.05, 4.69) is 36.2 Å². The lowest BCUT2D eigenvalue weighted by atomic mass is 9.95. The number of aromatic nitrogens is 3. The molecule has 12 nitrogen and oxygen atoms in total. The van der Waals surface area contributed by atoms with Gasteiger partial charge in [-0.15, -0.1) is 0 Å². The Balaban J connectivity index is 1.24. The summed E-state index contributed by atoms with van der Waals surface area (Å²) in [7, 11) is 0. The van der Waals surface area contributed by atoms with Crippen LogP contribution in [0.4, 0.5) is 17.8 Å². The zero-order chi connectivity index (χ0) is 26.6. The maximum Gasteiger partial charge on any atom is 0.251 e. The summed E-state index contributed by atoms with van der Waals surface area (Å²) in [6.45, 7) is 3.63. The van der Waals surface area contributed by atoms with E-state index in [4.69, 9.17) is 15.2 Å². The molecule has 1 aromatic heterocycles. The topological polar surface area (TPSA) is 169 Å². The first kappa shape index (κ1) is 28.0. The van der Waals surface area contributed by atoms with Gasteiger partial charge in [-0.25, -0.2) is 0 Å². The molecule has 2 fully saturated rings. The van der Waals surface area contributed by atoms with Gasteiger partial charge in [0.25, 0.3) is 5.91 Å². The summed E-state index contributed by atoms with van der Waals surface area (Å²) in [5.74, 6) is 2.75. The van der Waals surface area contributed by atoms with Crippen LogP contribution in [0.25, 0.3) is 0 Å². The maximum atomic E-state index is 12.4. The Morgan fingerprint density at radius 1 is 0.921 bits per heavy atom. The van der Waals surface area contributed by atoms with E-state index in [0.717, 1.165) is 17.9 Å². The van der Waals surface area contributed by atoms with Crippen LogP contribution in [-0.4, -0.2) is 84.7 Å². The summed E-state index contributed by atoms with van der Waals surface area (Å²) in [4.78, 5) is 25.9. The van der Waals surface area contributed by atoms with Gasteiger partial charge in [-0.2, -0.15) is 15.0 Å². The molecule has 4 rings (SSSR count). The number of hydrogen-bond donors (Lipinski definition) is 6. The van der Waals surface area contributed by atoms with Crippen molar-refractivity contribution < 1.29 is 19.4 Å². The molecule has 3 unspecified atom stereocenters. The molecule has 0 saturated heterocycles. The van der Waals surface area contributed by atoms with Crippen molar-refractivity contribution in [1.82, 2.24) is 20.3 Å². The van der Waals surface area contributed by atoms with Crippen LogP contribution in [-0.2, 0) is 16.0 Å². The van der Waals surface area contributed by atoms with Crippen LogP contribution < -0.4 is 27.0 Å². The van der Waals surface area contributed by atoms with Crippen molar-refractivity contribution in [3.63, 3.8) is 0 Å². The lowest BCUT2D eigenvalue weighted by Gasteiger charge is -2.23. The lowest BCUT2D eigenvalue weighted by molar-refractivity contribution is 0.0511. The lowest BCUT2D eigenvalue weighted by Crippen LogP contribution is -2.27. The predicted molar refractivity (Wildman–Crippen MR) is 145 cm³/mol. The number of benzene rings is 1. The van der Waals surface area contributed by atoms with Crippen LogP contribution in [0, 0.1) is 11.8 Å². The second kappa shape index (κ2) is 14.8. The zero-order valence-electron chi connectivity index (χ0n) is 21.8. The number of fused-ring (bicyclic) bond motifs is 2. The fourth-order valence-corrected chi connectivity index (χ4v) is 5.05. The minimum absolute atomic E-state index is 0.0132. The summed E-state index contributed by atoms with van der Waals surface area (Å²) in [5.41, 5.74) is 6.91. The van der Waals surface area contributed by atoms with Gasteiger partial charge in [-0.1, -0.05) is 18.6 Å².